The standard InChI is InChI=1S/C26H36N4O3/c1-19(2)18-29-25(32)23(20(3)30(26(29)33)22-10-6-4-7-11-22)27-16-12-21(13-17-27)24(31)28-14-8-5-9-15-28/h4,6-7,10-11,19,21H,5,8-9,12-18H2,1-3H3. The molecule has 2 saturated heterocycles. The molecule has 0 spiro atoms. The first kappa shape index (κ1) is 23.3. The van der Waals surface area contributed by atoms with Crippen LogP contribution < -0.4 is 16.1 Å². The number of carbonyl (C=O) groups excluding carboxylic acids is 1. The number of hydrogen-bond donors (Lipinski definition) is 0. The SMILES string of the molecule is Cc1c(N2CCC(C(=O)N3CCCCC3)CC2)c(=O)n(CC(C)C)c(=O)n1-c1ccccc1. The lowest BCUT2D eigenvalue weighted by Gasteiger charge is -2.37. The topological polar surface area (TPSA) is 67.6 Å². The van der Waals surface area contributed by atoms with E-state index in [0.29, 0.717) is 31.0 Å². The highest BCUT2D eigenvalue weighted by molar-refractivity contribution is 5.79. The van der Waals surface area contributed by atoms with Crippen LogP contribution in [0.3, 0.4) is 0 Å². The summed E-state index contributed by atoms with van der Waals surface area (Å²) in [4.78, 5) is 44.0. The van der Waals surface area contributed by atoms with E-state index in [4.69, 9.17) is 0 Å². The minimum absolute atomic E-state index is 0.0255. The van der Waals surface area contributed by atoms with E-state index in [1.807, 2.05) is 56.0 Å². The van der Waals surface area contributed by atoms with Crippen LogP contribution in [0.25, 0.3) is 5.69 Å². The molecule has 1 aromatic heterocycles. The van der Waals surface area contributed by atoms with E-state index in [1.54, 1.807) is 4.57 Å². The number of piperidine rings is 2. The molecule has 0 radical (unpaired) electrons. The van der Waals surface area contributed by atoms with E-state index in [9.17, 15) is 14.4 Å². The van der Waals surface area contributed by atoms with Crippen molar-refractivity contribution < 1.29 is 4.79 Å². The first-order valence-corrected chi connectivity index (χ1v) is 12.3. The third-order valence-corrected chi connectivity index (χ3v) is 6.94. The zero-order valence-corrected chi connectivity index (χ0v) is 20.1. The average Bonchev–Trinajstić information content (AvgIpc) is 2.83. The van der Waals surface area contributed by atoms with E-state index < -0.39 is 0 Å². The molecular formula is C26H36N4O3. The maximum atomic E-state index is 13.5. The Kier molecular flexibility index (Phi) is 7.05. The molecule has 0 aliphatic carbocycles. The van der Waals surface area contributed by atoms with Crippen LogP contribution >= 0.6 is 0 Å². The number of carbonyl (C=O) groups is 1. The van der Waals surface area contributed by atoms with Gasteiger partial charge < -0.3 is 9.80 Å². The molecule has 4 rings (SSSR count). The Morgan fingerprint density at radius 3 is 2.21 bits per heavy atom. The summed E-state index contributed by atoms with van der Waals surface area (Å²) < 4.78 is 3.04. The zero-order chi connectivity index (χ0) is 23.5. The Morgan fingerprint density at radius 2 is 1.61 bits per heavy atom. The van der Waals surface area contributed by atoms with Crippen molar-refractivity contribution in [1.29, 1.82) is 0 Å². The van der Waals surface area contributed by atoms with Crippen LogP contribution in [0, 0.1) is 18.8 Å². The highest BCUT2D eigenvalue weighted by Gasteiger charge is 2.31. The third kappa shape index (κ3) is 4.77. The van der Waals surface area contributed by atoms with Crippen LogP contribution in [0.15, 0.2) is 39.9 Å². The first-order chi connectivity index (χ1) is 15.9. The smallest absolute Gasteiger partial charge is 0.335 e. The van der Waals surface area contributed by atoms with E-state index in [1.165, 1.54) is 11.0 Å². The fraction of sp³-hybridized carbons (Fsp3) is 0.577. The van der Waals surface area contributed by atoms with Crippen molar-refractivity contribution in [2.75, 3.05) is 31.1 Å². The van der Waals surface area contributed by atoms with Gasteiger partial charge in [0.2, 0.25) is 5.91 Å². The molecule has 2 aromatic rings. The van der Waals surface area contributed by atoms with Gasteiger partial charge in [-0.1, -0.05) is 32.0 Å². The third-order valence-electron chi connectivity index (χ3n) is 6.94. The lowest BCUT2D eigenvalue weighted by molar-refractivity contribution is -0.137. The monoisotopic (exact) mass is 452 g/mol. The minimum Gasteiger partial charge on any atom is -0.366 e. The number of hydrogen-bond acceptors (Lipinski definition) is 4. The molecule has 0 atom stereocenters. The molecule has 178 valence electrons. The molecule has 7 nitrogen and oxygen atoms in total. The molecule has 0 unspecified atom stereocenters. The second kappa shape index (κ2) is 9.98. The number of amides is 1. The van der Waals surface area contributed by atoms with Crippen molar-refractivity contribution in [3.8, 4) is 5.69 Å². The molecule has 2 aliphatic rings. The largest absolute Gasteiger partial charge is 0.366 e. The fourth-order valence-corrected chi connectivity index (χ4v) is 5.23. The molecule has 0 N–H and O–H groups in total. The molecule has 1 aromatic carbocycles. The van der Waals surface area contributed by atoms with Crippen LogP contribution in [-0.2, 0) is 11.3 Å². The van der Waals surface area contributed by atoms with E-state index >= 15 is 0 Å². The van der Waals surface area contributed by atoms with Gasteiger partial charge in [-0.25, -0.2) is 4.79 Å². The molecule has 0 saturated carbocycles. The van der Waals surface area contributed by atoms with Crippen molar-refractivity contribution in [3.05, 3.63) is 56.9 Å². The van der Waals surface area contributed by atoms with Gasteiger partial charge in [-0.3, -0.25) is 18.7 Å². The van der Waals surface area contributed by atoms with Crippen LogP contribution in [0.1, 0.15) is 51.6 Å². The quantitative estimate of drug-likeness (QED) is 0.699. The number of para-hydroxylation sites is 1. The van der Waals surface area contributed by atoms with Crippen LogP contribution in [-0.4, -0.2) is 46.1 Å². The van der Waals surface area contributed by atoms with Gasteiger partial charge in [0.25, 0.3) is 5.56 Å². The van der Waals surface area contributed by atoms with Gasteiger partial charge in [0.05, 0.1) is 11.4 Å². The van der Waals surface area contributed by atoms with Gasteiger partial charge in [0.1, 0.15) is 5.69 Å². The van der Waals surface area contributed by atoms with Crippen molar-refractivity contribution in [3.63, 3.8) is 0 Å². The van der Waals surface area contributed by atoms with Crippen LogP contribution in [0.2, 0.25) is 0 Å². The number of aromatic nitrogens is 2. The summed E-state index contributed by atoms with van der Waals surface area (Å²) in [7, 11) is 0. The second-order valence-electron chi connectivity index (χ2n) is 9.84. The summed E-state index contributed by atoms with van der Waals surface area (Å²) >= 11 is 0. The normalized spacial score (nSPS) is 17.6. The molecular weight excluding hydrogens is 416 g/mol. The summed E-state index contributed by atoms with van der Waals surface area (Å²) in [5.74, 6) is 0.471. The second-order valence-corrected chi connectivity index (χ2v) is 9.84. The van der Waals surface area contributed by atoms with E-state index in [-0.39, 0.29) is 29.0 Å². The van der Waals surface area contributed by atoms with Gasteiger partial charge in [-0.05, 0) is 57.1 Å². The first-order valence-electron chi connectivity index (χ1n) is 12.3. The summed E-state index contributed by atoms with van der Waals surface area (Å²) in [5.41, 5.74) is 1.49. The molecule has 2 aliphatic heterocycles. The summed E-state index contributed by atoms with van der Waals surface area (Å²) in [6, 6.07) is 9.50. The lowest BCUT2D eigenvalue weighted by atomic mass is 9.94. The molecule has 7 heteroatoms. The summed E-state index contributed by atoms with van der Waals surface area (Å²) in [5, 5.41) is 0. The highest BCUT2D eigenvalue weighted by atomic mass is 16.2. The molecule has 33 heavy (non-hydrogen) atoms. The van der Waals surface area contributed by atoms with Crippen molar-refractivity contribution in [2.24, 2.45) is 11.8 Å². The summed E-state index contributed by atoms with van der Waals surface area (Å²) in [6.07, 6.45) is 4.88. The van der Waals surface area contributed by atoms with Crippen LogP contribution in [0.4, 0.5) is 5.69 Å². The van der Waals surface area contributed by atoms with Gasteiger partial charge in [-0.2, -0.15) is 0 Å². The Morgan fingerprint density at radius 1 is 0.970 bits per heavy atom. The van der Waals surface area contributed by atoms with E-state index in [0.717, 1.165) is 44.5 Å². The number of anilines is 1. The maximum absolute atomic E-state index is 13.5. The van der Waals surface area contributed by atoms with Gasteiger partial charge in [0, 0.05) is 38.6 Å². The number of rotatable bonds is 5. The summed E-state index contributed by atoms with van der Waals surface area (Å²) in [6.45, 7) is 9.30. The van der Waals surface area contributed by atoms with Crippen molar-refractivity contribution in [2.45, 2.75) is 59.4 Å². The molecule has 2 fully saturated rings. The minimum atomic E-state index is -0.295. The van der Waals surface area contributed by atoms with Gasteiger partial charge >= 0.3 is 5.69 Å². The van der Waals surface area contributed by atoms with Crippen LogP contribution in [0.5, 0.6) is 0 Å². The number of nitrogens with zero attached hydrogens (tertiary/aromatic N) is 4. The Hall–Kier alpha value is -2.83. The Balaban J connectivity index is 1.66. The molecule has 1 amide bonds. The predicted molar refractivity (Wildman–Crippen MR) is 131 cm³/mol. The number of benzene rings is 1. The maximum Gasteiger partial charge on any atom is 0.335 e. The molecule has 3 heterocycles. The van der Waals surface area contributed by atoms with Gasteiger partial charge in [0.15, 0.2) is 0 Å². The average molecular weight is 453 g/mol. The lowest BCUT2D eigenvalue weighted by Crippen LogP contribution is -2.48. The Labute approximate surface area is 195 Å². The molecule has 0 bridgehead atoms. The Bertz CT molecular complexity index is 1090. The van der Waals surface area contributed by atoms with Crippen molar-refractivity contribution >= 4 is 11.6 Å². The zero-order valence-electron chi connectivity index (χ0n) is 20.1. The predicted octanol–water partition coefficient (Wildman–Crippen LogP) is 3.19. The highest BCUT2D eigenvalue weighted by Crippen LogP contribution is 2.26. The van der Waals surface area contributed by atoms with Crippen molar-refractivity contribution in [1.82, 2.24) is 14.0 Å². The van der Waals surface area contributed by atoms with E-state index in [2.05, 4.69) is 4.90 Å². The fourth-order valence-electron chi connectivity index (χ4n) is 5.23. The van der Waals surface area contributed by atoms with Gasteiger partial charge in [-0.15, -0.1) is 0 Å². The number of likely N-dealkylation sites (tertiary alicyclic amines) is 1.